The third-order valence-corrected chi connectivity index (χ3v) is 5.17. The number of benzene rings is 1. The fourth-order valence-electron chi connectivity index (χ4n) is 2.73. The minimum absolute atomic E-state index is 0.204. The molecule has 0 saturated heterocycles. The van der Waals surface area contributed by atoms with Crippen molar-refractivity contribution in [2.75, 3.05) is 5.33 Å². The average molecular weight is 324 g/mol. The Balaban J connectivity index is 2.07. The molecule has 2 rings (SSSR count). The van der Waals surface area contributed by atoms with Crippen molar-refractivity contribution in [3.05, 3.63) is 35.9 Å². The highest BCUT2D eigenvalue weighted by atomic mass is 79.9. The summed E-state index contributed by atoms with van der Waals surface area (Å²) < 4.78 is 0. The van der Waals surface area contributed by atoms with Crippen molar-refractivity contribution in [2.45, 2.75) is 44.6 Å². The molecule has 1 saturated carbocycles. The molecule has 0 heterocycles. The number of hydrogen-bond acceptors (Lipinski definition) is 1. The van der Waals surface area contributed by atoms with Crippen LogP contribution in [0.2, 0.25) is 0 Å². The molecule has 1 aliphatic rings. The van der Waals surface area contributed by atoms with Gasteiger partial charge in [0, 0.05) is 11.2 Å². The zero-order valence-corrected chi connectivity index (χ0v) is 13.1. The van der Waals surface area contributed by atoms with E-state index < -0.39 is 0 Å². The van der Waals surface area contributed by atoms with Crippen molar-refractivity contribution in [3.63, 3.8) is 0 Å². The first-order valence-corrected chi connectivity index (χ1v) is 8.21. The highest BCUT2D eigenvalue weighted by Crippen LogP contribution is 2.27. The predicted molar refractivity (Wildman–Crippen MR) is 82.3 cm³/mol. The van der Waals surface area contributed by atoms with E-state index in [2.05, 4.69) is 40.3 Å². The molecular formula is C16H22BrNO. The standard InChI is InChI=1S/C16H22BrNO/c1-16(12-17,14-10-6-3-7-11-14)18-15(19)13-8-4-2-5-9-13/h3,6-7,10-11,13H,2,4-5,8-9,12H2,1H3,(H,18,19). The molecule has 1 aromatic carbocycles. The van der Waals surface area contributed by atoms with Crippen molar-refractivity contribution < 1.29 is 4.79 Å². The van der Waals surface area contributed by atoms with Gasteiger partial charge in [0.2, 0.25) is 5.91 Å². The summed E-state index contributed by atoms with van der Waals surface area (Å²) in [5.41, 5.74) is 0.825. The number of alkyl halides is 1. The third-order valence-electron chi connectivity index (χ3n) is 4.05. The number of hydrogen-bond donors (Lipinski definition) is 1. The lowest BCUT2D eigenvalue weighted by Gasteiger charge is -2.32. The van der Waals surface area contributed by atoms with Gasteiger partial charge in [-0.05, 0) is 25.3 Å². The molecule has 1 fully saturated rings. The number of carbonyl (C=O) groups is 1. The fraction of sp³-hybridized carbons (Fsp3) is 0.562. The zero-order valence-electron chi connectivity index (χ0n) is 11.5. The van der Waals surface area contributed by atoms with Gasteiger partial charge >= 0.3 is 0 Å². The van der Waals surface area contributed by atoms with Crippen molar-refractivity contribution in [1.82, 2.24) is 5.32 Å². The predicted octanol–water partition coefficient (Wildman–Crippen LogP) is 3.99. The van der Waals surface area contributed by atoms with Crippen LogP contribution in [-0.4, -0.2) is 11.2 Å². The van der Waals surface area contributed by atoms with Gasteiger partial charge < -0.3 is 5.32 Å². The van der Waals surface area contributed by atoms with Crippen LogP contribution in [0.5, 0.6) is 0 Å². The molecule has 3 heteroatoms. The van der Waals surface area contributed by atoms with E-state index in [1.54, 1.807) is 0 Å². The van der Waals surface area contributed by atoms with Crippen LogP contribution < -0.4 is 5.32 Å². The van der Waals surface area contributed by atoms with Crippen LogP contribution in [-0.2, 0) is 10.3 Å². The minimum Gasteiger partial charge on any atom is -0.346 e. The largest absolute Gasteiger partial charge is 0.346 e. The van der Waals surface area contributed by atoms with E-state index in [9.17, 15) is 4.79 Å². The molecule has 1 unspecified atom stereocenters. The third kappa shape index (κ3) is 3.59. The average Bonchev–Trinajstić information content (AvgIpc) is 2.49. The molecule has 0 aliphatic heterocycles. The lowest BCUT2D eigenvalue weighted by Crippen LogP contribution is -2.47. The number of amides is 1. The Morgan fingerprint density at radius 3 is 2.47 bits per heavy atom. The Hall–Kier alpha value is -0.830. The number of nitrogens with one attached hydrogen (secondary N) is 1. The van der Waals surface area contributed by atoms with E-state index in [0.29, 0.717) is 0 Å². The van der Waals surface area contributed by atoms with Gasteiger partial charge in [-0.2, -0.15) is 0 Å². The molecular weight excluding hydrogens is 302 g/mol. The minimum atomic E-state index is -0.324. The summed E-state index contributed by atoms with van der Waals surface area (Å²) in [7, 11) is 0. The van der Waals surface area contributed by atoms with Crippen LogP contribution in [0.4, 0.5) is 0 Å². The summed E-state index contributed by atoms with van der Waals surface area (Å²) in [4.78, 5) is 12.4. The molecule has 1 atom stereocenters. The topological polar surface area (TPSA) is 29.1 Å². The summed E-state index contributed by atoms with van der Waals surface area (Å²) in [5.74, 6) is 0.418. The second-order valence-electron chi connectivity index (χ2n) is 5.66. The maximum atomic E-state index is 12.4. The molecule has 2 nitrogen and oxygen atoms in total. The van der Waals surface area contributed by atoms with Gasteiger partial charge in [0.25, 0.3) is 0 Å². The van der Waals surface area contributed by atoms with E-state index in [4.69, 9.17) is 0 Å². The van der Waals surface area contributed by atoms with E-state index in [-0.39, 0.29) is 17.4 Å². The van der Waals surface area contributed by atoms with Crippen LogP contribution in [0, 0.1) is 5.92 Å². The van der Waals surface area contributed by atoms with Gasteiger partial charge in [0.1, 0.15) is 0 Å². The van der Waals surface area contributed by atoms with Crippen molar-refractivity contribution in [3.8, 4) is 0 Å². The van der Waals surface area contributed by atoms with E-state index in [0.717, 1.165) is 23.7 Å². The first-order valence-electron chi connectivity index (χ1n) is 7.09. The smallest absolute Gasteiger partial charge is 0.223 e. The van der Waals surface area contributed by atoms with Crippen LogP contribution in [0.25, 0.3) is 0 Å². The number of carbonyl (C=O) groups excluding carboxylic acids is 1. The fourth-order valence-corrected chi connectivity index (χ4v) is 3.19. The summed E-state index contributed by atoms with van der Waals surface area (Å²) in [6, 6.07) is 10.2. The molecule has 0 bridgehead atoms. The van der Waals surface area contributed by atoms with E-state index >= 15 is 0 Å². The van der Waals surface area contributed by atoms with Gasteiger partial charge in [-0.3, -0.25) is 4.79 Å². The van der Waals surface area contributed by atoms with Gasteiger partial charge in [0.05, 0.1) is 5.54 Å². The SMILES string of the molecule is CC(CBr)(NC(=O)C1CCCCC1)c1ccccc1. The van der Waals surface area contributed by atoms with Gasteiger partial charge in [-0.1, -0.05) is 65.5 Å². The van der Waals surface area contributed by atoms with Crippen LogP contribution in [0.3, 0.4) is 0 Å². The van der Waals surface area contributed by atoms with Gasteiger partial charge in [-0.25, -0.2) is 0 Å². The lowest BCUT2D eigenvalue weighted by molar-refractivity contribution is -0.127. The zero-order chi connectivity index (χ0) is 13.7. The molecule has 1 amide bonds. The Kier molecular flexibility index (Phi) is 5.03. The number of halogens is 1. The second kappa shape index (κ2) is 6.56. The molecule has 1 aromatic rings. The molecule has 19 heavy (non-hydrogen) atoms. The highest BCUT2D eigenvalue weighted by molar-refractivity contribution is 9.09. The first kappa shape index (κ1) is 14.6. The van der Waals surface area contributed by atoms with Crippen molar-refractivity contribution in [1.29, 1.82) is 0 Å². The van der Waals surface area contributed by atoms with Crippen molar-refractivity contribution >= 4 is 21.8 Å². The molecule has 104 valence electrons. The molecule has 0 radical (unpaired) electrons. The van der Waals surface area contributed by atoms with Crippen LogP contribution >= 0.6 is 15.9 Å². The maximum Gasteiger partial charge on any atom is 0.223 e. The monoisotopic (exact) mass is 323 g/mol. The lowest BCUT2D eigenvalue weighted by atomic mass is 9.87. The van der Waals surface area contributed by atoms with E-state index in [1.165, 1.54) is 19.3 Å². The Morgan fingerprint density at radius 2 is 1.89 bits per heavy atom. The number of rotatable bonds is 4. The highest BCUT2D eigenvalue weighted by Gasteiger charge is 2.30. The Labute approximate surface area is 124 Å². The van der Waals surface area contributed by atoms with Crippen molar-refractivity contribution in [2.24, 2.45) is 5.92 Å². The Bertz CT molecular complexity index is 414. The normalized spacial score (nSPS) is 19.7. The van der Waals surface area contributed by atoms with Crippen LogP contribution in [0.1, 0.15) is 44.6 Å². The van der Waals surface area contributed by atoms with Crippen LogP contribution in [0.15, 0.2) is 30.3 Å². The summed E-state index contributed by atoms with van der Waals surface area (Å²) in [5, 5.41) is 3.97. The second-order valence-corrected chi connectivity index (χ2v) is 6.22. The molecule has 1 N–H and O–H groups in total. The van der Waals surface area contributed by atoms with Gasteiger partial charge in [-0.15, -0.1) is 0 Å². The Morgan fingerprint density at radius 1 is 1.26 bits per heavy atom. The quantitative estimate of drug-likeness (QED) is 0.834. The van der Waals surface area contributed by atoms with Gasteiger partial charge in [0.15, 0.2) is 0 Å². The molecule has 1 aliphatic carbocycles. The summed E-state index contributed by atoms with van der Waals surface area (Å²) >= 11 is 3.55. The first-order chi connectivity index (χ1) is 9.15. The van der Waals surface area contributed by atoms with E-state index in [1.807, 2.05) is 18.2 Å². The summed E-state index contributed by atoms with van der Waals surface area (Å²) in [6.45, 7) is 2.08. The summed E-state index contributed by atoms with van der Waals surface area (Å²) in [6.07, 6.45) is 5.74. The maximum absolute atomic E-state index is 12.4. The molecule has 0 aromatic heterocycles. The molecule has 0 spiro atoms.